The maximum atomic E-state index is 11.7. The lowest BCUT2D eigenvalue weighted by Crippen LogP contribution is -2.34. The summed E-state index contributed by atoms with van der Waals surface area (Å²) < 4.78 is 9.69. The molecule has 0 bridgehead atoms. The molecule has 2 amide bonds. The Kier molecular flexibility index (Phi) is 6.21. The Labute approximate surface area is 112 Å². The lowest BCUT2D eigenvalue weighted by molar-refractivity contribution is 0.0952. The highest BCUT2D eigenvalue weighted by molar-refractivity contribution is 5.94. The molecule has 1 aromatic carbocycles. The average molecular weight is 266 g/mol. The molecule has 0 fully saturated rings. The van der Waals surface area contributed by atoms with Gasteiger partial charge in [-0.1, -0.05) is 0 Å². The zero-order valence-corrected chi connectivity index (χ0v) is 11.1. The van der Waals surface area contributed by atoms with Crippen molar-refractivity contribution in [2.24, 2.45) is 0 Å². The molecular formula is C13H18N2O4. The number of hydrogen-bond acceptors (Lipinski definition) is 4. The first-order valence-electron chi connectivity index (χ1n) is 6.00. The van der Waals surface area contributed by atoms with Crippen LogP contribution in [0.3, 0.4) is 0 Å². The summed E-state index contributed by atoms with van der Waals surface area (Å²) in [6, 6.07) is 6.78. The van der Waals surface area contributed by atoms with E-state index in [0.29, 0.717) is 31.0 Å². The van der Waals surface area contributed by atoms with E-state index in [2.05, 4.69) is 15.4 Å². The summed E-state index contributed by atoms with van der Waals surface area (Å²) in [7, 11) is 1.57. The number of ether oxygens (including phenoxy) is 2. The maximum absolute atomic E-state index is 11.7. The van der Waals surface area contributed by atoms with Crippen LogP contribution < -0.4 is 15.4 Å². The van der Waals surface area contributed by atoms with Crippen LogP contribution in [0.2, 0.25) is 0 Å². The topological polar surface area (TPSA) is 76.7 Å². The summed E-state index contributed by atoms with van der Waals surface area (Å²) in [4.78, 5) is 22.7. The Balaban J connectivity index is 2.29. The highest BCUT2D eigenvalue weighted by Gasteiger charge is 2.05. The van der Waals surface area contributed by atoms with Crippen LogP contribution in [-0.2, 0) is 4.74 Å². The fourth-order valence-corrected chi connectivity index (χ4v) is 1.37. The summed E-state index contributed by atoms with van der Waals surface area (Å²) in [5.74, 6) is 0.494. The van der Waals surface area contributed by atoms with Crippen LogP contribution in [0.5, 0.6) is 5.75 Å². The predicted octanol–water partition coefficient (Wildman–Crippen LogP) is 1.17. The molecule has 0 spiro atoms. The number of amides is 2. The van der Waals surface area contributed by atoms with Gasteiger partial charge in [0, 0.05) is 18.7 Å². The molecule has 0 saturated heterocycles. The number of rotatable bonds is 6. The molecule has 0 radical (unpaired) electrons. The smallest absolute Gasteiger partial charge is 0.407 e. The van der Waals surface area contributed by atoms with Crippen LogP contribution in [0.1, 0.15) is 17.3 Å². The SMILES string of the molecule is CCOC(=O)NCCNC(=O)c1ccc(OC)cc1. The lowest BCUT2D eigenvalue weighted by Gasteiger charge is -2.07. The molecule has 0 saturated carbocycles. The van der Waals surface area contributed by atoms with Gasteiger partial charge in [-0.3, -0.25) is 4.79 Å². The molecule has 0 atom stereocenters. The Morgan fingerprint density at radius 2 is 1.74 bits per heavy atom. The molecule has 0 heterocycles. The summed E-state index contributed by atoms with van der Waals surface area (Å²) in [5, 5.41) is 5.20. The van der Waals surface area contributed by atoms with Crippen LogP contribution in [0.4, 0.5) is 4.79 Å². The van der Waals surface area contributed by atoms with Gasteiger partial charge in [-0.2, -0.15) is 0 Å². The fraction of sp³-hybridized carbons (Fsp3) is 0.385. The monoisotopic (exact) mass is 266 g/mol. The molecule has 1 rings (SSSR count). The third-order valence-corrected chi connectivity index (χ3v) is 2.31. The molecule has 104 valence electrons. The molecule has 6 heteroatoms. The minimum absolute atomic E-state index is 0.201. The highest BCUT2D eigenvalue weighted by Crippen LogP contribution is 2.10. The minimum atomic E-state index is -0.485. The summed E-state index contributed by atoms with van der Waals surface area (Å²) in [5.41, 5.74) is 0.539. The Bertz CT molecular complexity index is 417. The van der Waals surface area contributed by atoms with E-state index in [1.165, 1.54) is 0 Å². The number of nitrogens with one attached hydrogen (secondary N) is 2. The summed E-state index contributed by atoms with van der Waals surface area (Å²) in [6.07, 6.45) is -0.485. The van der Waals surface area contributed by atoms with E-state index >= 15 is 0 Å². The van der Waals surface area contributed by atoms with Gasteiger partial charge >= 0.3 is 6.09 Å². The van der Waals surface area contributed by atoms with Gasteiger partial charge < -0.3 is 20.1 Å². The van der Waals surface area contributed by atoms with Gasteiger partial charge in [-0.15, -0.1) is 0 Å². The first-order chi connectivity index (χ1) is 9.17. The second-order valence-corrected chi connectivity index (χ2v) is 3.63. The molecule has 0 unspecified atom stereocenters. The van der Waals surface area contributed by atoms with Gasteiger partial charge in [-0.05, 0) is 31.2 Å². The molecule has 0 aliphatic carbocycles. The fourth-order valence-electron chi connectivity index (χ4n) is 1.37. The van der Waals surface area contributed by atoms with Crippen molar-refractivity contribution >= 4 is 12.0 Å². The van der Waals surface area contributed by atoms with Crippen molar-refractivity contribution in [2.45, 2.75) is 6.92 Å². The Morgan fingerprint density at radius 1 is 1.11 bits per heavy atom. The van der Waals surface area contributed by atoms with Gasteiger partial charge in [0.15, 0.2) is 0 Å². The third-order valence-electron chi connectivity index (χ3n) is 2.31. The van der Waals surface area contributed by atoms with Crippen LogP contribution in [0.15, 0.2) is 24.3 Å². The maximum Gasteiger partial charge on any atom is 0.407 e. The minimum Gasteiger partial charge on any atom is -0.497 e. The zero-order valence-electron chi connectivity index (χ0n) is 11.1. The first kappa shape index (κ1) is 14.8. The lowest BCUT2D eigenvalue weighted by atomic mass is 10.2. The second kappa shape index (κ2) is 7.97. The summed E-state index contributed by atoms with van der Waals surface area (Å²) in [6.45, 7) is 2.71. The largest absolute Gasteiger partial charge is 0.497 e. The highest BCUT2D eigenvalue weighted by atomic mass is 16.5. The number of alkyl carbamates (subject to hydrolysis) is 1. The van der Waals surface area contributed by atoms with Crippen LogP contribution in [0, 0.1) is 0 Å². The van der Waals surface area contributed by atoms with E-state index in [0.717, 1.165) is 0 Å². The van der Waals surface area contributed by atoms with Crippen molar-refractivity contribution in [1.82, 2.24) is 10.6 Å². The van der Waals surface area contributed by atoms with Crippen molar-refractivity contribution in [1.29, 1.82) is 0 Å². The molecule has 0 aliphatic rings. The Morgan fingerprint density at radius 3 is 2.32 bits per heavy atom. The van der Waals surface area contributed by atoms with Gasteiger partial charge in [0.1, 0.15) is 5.75 Å². The standard InChI is InChI=1S/C13H18N2O4/c1-3-19-13(17)15-9-8-14-12(16)10-4-6-11(18-2)7-5-10/h4-7H,3,8-9H2,1-2H3,(H,14,16)(H,15,17). The molecule has 1 aromatic rings. The van der Waals surface area contributed by atoms with Crippen LogP contribution in [-0.4, -0.2) is 38.8 Å². The average Bonchev–Trinajstić information content (AvgIpc) is 2.44. The van der Waals surface area contributed by atoms with E-state index in [1.807, 2.05) is 0 Å². The van der Waals surface area contributed by atoms with Gasteiger partial charge in [0.05, 0.1) is 13.7 Å². The number of benzene rings is 1. The van der Waals surface area contributed by atoms with E-state index in [9.17, 15) is 9.59 Å². The van der Waals surface area contributed by atoms with E-state index in [-0.39, 0.29) is 5.91 Å². The molecule has 0 aliphatic heterocycles. The number of carbonyl (C=O) groups excluding carboxylic acids is 2. The van der Waals surface area contributed by atoms with Crippen LogP contribution >= 0.6 is 0 Å². The van der Waals surface area contributed by atoms with Gasteiger partial charge in [-0.25, -0.2) is 4.79 Å². The van der Waals surface area contributed by atoms with E-state index in [4.69, 9.17) is 4.74 Å². The second-order valence-electron chi connectivity index (χ2n) is 3.63. The normalized spacial score (nSPS) is 9.58. The van der Waals surface area contributed by atoms with Gasteiger partial charge in [0.2, 0.25) is 0 Å². The molecule has 19 heavy (non-hydrogen) atoms. The summed E-state index contributed by atoms with van der Waals surface area (Å²) >= 11 is 0. The van der Waals surface area contributed by atoms with Crippen molar-refractivity contribution < 1.29 is 19.1 Å². The number of hydrogen-bond donors (Lipinski definition) is 2. The van der Waals surface area contributed by atoms with Crippen molar-refractivity contribution in [2.75, 3.05) is 26.8 Å². The van der Waals surface area contributed by atoms with Crippen molar-refractivity contribution in [3.8, 4) is 5.75 Å². The van der Waals surface area contributed by atoms with Crippen LogP contribution in [0.25, 0.3) is 0 Å². The zero-order chi connectivity index (χ0) is 14.1. The molecular weight excluding hydrogens is 248 g/mol. The Hall–Kier alpha value is -2.24. The van der Waals surface area contributed by atoms with Crippen molar-refractivity contribution in [3.05, 3.63) is 29.8 Å². The quantitative estimate of drug-likeness (QED) is 0.758. The van der Waals surface area contributed by atoms with E-state index in [1.54, 1.807) is 38.3 Å². The van der Waals surface area contributed by atoms with Gasteiger partial charge in [0.25, 0.3) is 5.91 Å². The molecule has 2 N–H and O–H groups in total. The molecule has 0 aromatic heterocycles. The first-order valence-corrected chi connectivity index (χ1v) is 6.00. The predicted molar refractivity (Wildman–Crippen MR) is 70.4 cm³/mol. The van der Waals surface area contributed by atoms with E-state index < -0.39 is 6.09 Å². The van der Waals surface area contributed by atoms with Crippen molar-refractivity contribution in [3.63, 3.8) is 0 Å². The number of methoxy groups -OCH3 is 1. The number of carbonyl (C=O) groups is 2. The third kappa shape index (κ3) is 5.29. The molecule has 6 nitrogen and oxygen atoms in total.